The fourth-order valence-corrected chi connectivity index (χ4v) is 3.52. The smallest absolute Gasteiger partial charge is 0.325 e. The first-order valence-corrected chi connectivity index (χ1v) is 9.57. The molecule has 3 aromatic rings. The second-order valence-electron chi connectivity index (χ2n) is 7.29. The van der Waals surface area contributed by atoms with E-state index in [1.807, 2.05) is 48.5 Å². The van der Waals surface area contributed by atoms with Gasteiger partial charge < -0.3 is 15.1 Å². The first-order valence-electron chi connectivity index (χ1n) is 9.57. The average Bonchev–Trinajstić information content (AvgIpc) is 3.35. The first kappa shape index (κ1) is 19.4. The van der Waals surface area contributed by atoms with Gasteiger partial charge in [-0.05, 0) is 42.7 Å². The number of furan rings is 1. The Morgan fingerprint density at radius 1 is 1.03 bits per heavy atom. The number of amides is 4. The molecule has 1 saturated heterocycles. The molecule has 2 aromatic carbocycles. The predicted octanol–water partition coefficient (Wildman–Crippen LogP) is 3.28. The highest BCUT2D eigenvalue weighted by molar-refractivity contribution is 6.10. The summed E-state index contributed by atoms with van der Waals surface area (Å²) >= 11 is 0. The second-order valence-corrected chi connectivity index (χ2v) is 7.29. The van der Waals surface area contributed by atoms with Gasteiger partial charge >= 0.3 is 6.03 Å². The third kappa shape index (κ3) is 3.69. The molecular formula is C23H21N3O4. The van der Waals surface area contributed by atoms with E-state index in [1.54, 1.807) is 25.1 Å². The van der Waals surface area contributed by atoms with Crippen molar-refractivity contribution in [3.05, 3.63) is 89.9 Å². The van der Waals surface area contributed by atoms with Gasteiger partial charge in [0.2, 0.25) is 5.91 Å². The molecular weight excluding hydrogens is 382 g/mol. The van der Waals surface area contributed by atoms with E-state index in [1.165, 1.54) is 6.26 Å². The largest absolute Gasteiger partial charge is 0.466 e. The fraction of sp³-hybridized carbons (Fsp3) is 0.174. The molecule has 2 N–H and O–H groups in total. The number of para-hydroxylation sites is 1. The van der Waals surface area contributed by atoms with E-state index in [9.17, 15) is 14.4 Å². The van der Waals surface area contributed by atoms with Gasteiger partial charge in [-0.15, -0.1) is 0 Å². The minimum atomic E-state index is -1.33. The molecule has 1 unspecified atom stereocenters. The summed E-state index contributed by atoms with van der Waals surface area (Å²) in [6.45, 7) is 1.17. The van der Waals surface area contributed by atoms with Crippen molar-refractivity contribution in [3.8, 4) is 0 Å². The van der Waals surface area contributed by atoms with E-state index >= 15 is 0 Å². The molecule has 1 aliphatic heterocycles. The standard InChI is InChI=1S/C23H21N3O4/c1-23(19-12-7-13-30-19)21(28)26(22(29)25-23)15-20(27)24-18-11-6-5-10-17(18)14-16-8-3-2-4-9-16/h2-13H,14-15H2,1H3,(H,24,27)(H,25,29). The Hall–Kier alpha value is -3.87. The van der Waals surface area contributed by atoms with Gasteiger partial charge in [-0.3, -0.25) is 14.5 Å². The summed E-state index contributed by atoms with van der Waals surface area (Å²) in [5, 5.41) is 5.43. The number of anilines is 1. The summed E-state index contributed by atoms with van der Waals surface area (Å²) in [6.07, 6.45) is 2.08. The molecule has 1 aromatic heterocycles. The van der Waals surface area contributed by atoms with Crippen molar-refractivity contribution < 1.29 is 18.8 Å². The summed E-state index contributed by atoms with van der Waals surface area (Å²) in [6, 6.07) is 20.0. The zero-order valence-corrected chi connectivity index (χ0v) is 16.4. The lowest BCUT2D eigenvalue weighted by atomic mass is 9.99. The molecule has 0 bridgehead atoms. The van der Waals surface area contributed by atoms with Crippen molar-refractivity contribution in [1.29, 1.82) is 0 Å². The lowest BCUT2D eigenvalue weighted by Crippen LogP contribution is -2.41. The quantitative estimate of drug-likeness (QED) is 0.618. The Labute approximate surface area is 173 Å². The number of nitrogens with one attached hydrogen (secondary N) is 2. The number of carbonyl (C=O) groups excluding carboxylic acids is 3. The van der Waals surface area contributed by atoms with Crippen molar-refractivity contribution in [2.24, 2.45) is 0 Å². The summed E-state index contributed by atoms with van der Waals surface area (Å²) in [5.41, 5.74) is 1.37. The first-order chi connectivity index (χ1) is 14.5. The monoisotopic (exact) mass is 403 g/mol. The Bertz CT molecular complexity index is 1080. The molecule has 152 valence electrons. The Balaban J connectivity index is 1.47. The Kier molecular flexibility index (Phi) is 5.10. The minimum absolute atomic E-state index is 0.317. The van der Waals surface area contributed by atoms with Gasteiger partial charge in [-0.1, -0.05) is 48.5 Å². The molecule has 0 spiro atoms. The molecule has 0 saturated carbocycles. The van der Waals surface area contributed by atoms with Gasteiger partial charge in [0.25, 0.3) is 5.91 Å². The zero-order valence-electron chi connectivity index (χ0n) is 16.4. The summed E-state index contributed by atoms with van der Waals surface area (Å²) in [7, 11) is 0. The van der Waals surface area contributed by atoms with Gasteiger partial charge in [0.05, 0.1) is 6.26 Å². The molecule has 4 amide bonds. The van der Waals surface area contributed by atoms with Gasteiger partial charge in [0.1, 0.15) is 12.3 Å². The van der Waals surface area contributed by atoms with E-state index in [2.05, 4.69) is 10.6 Å². The van der Waals surface area contributed by atoms with Crippen LogP contribution < -0.4 is 10.6 Å². The zero-order chi connectivity index (χ0) is 21.1. The lowest BCUT2D eigenvalue weighted by molar-refractivity contribution is -0.134. The van der Waals surface area contributed by atoms with Crippen LogP contribution in [0, 0.1) is 0 Å². The van der Waals surface area contributed by atoms with Gasteiger partial charge in [-0.25, -0.2) is 4.79 Å². The van der Waals surface area contributed by atoms with E-state index in [0.717, 1.165) is 16.0 Å². The minimum Gasteiger partial charge on any atom is -0.466 e. The van der Waals surface area contributed by atoms with Gasteiger partial charge in [0, 0.05) is 5.69 Å². The molecule has 30 heavy (non-hydrogen) atoms. The number of hydrogen-bond donors (Lipinski definition) is 2. The maximum Gasteiger partial charge on any atom is 0.325 e. The number of urea groups is 1. The number of nitrogens with zero attached hydrogens (tertiary/aromatic N) is 1. The van der Waals surface area contributed by atoms with Crippen molar-refractivity contribution in [1.82, 2.24) is 10.2 Å². The molecule has 4 rings (SSSR count). The molecule has 1 atom stereocenters. The maximum absolute atomic E-state index is 12.8. The molecule has 2 heterocycles. The molecule has 7 nitrogen and oxygen atoms in total. The van der Waals surface area contributed by atoms with Crippen LogP contribution in [0.4, 0.5) is 10.5 Å². The van der Waals surface area contributed by atoms with Crippen molar-refractivity contribution in [3.63, 3.8) is 0 Å². The summed E-state index contributed by atoms with van der Waals surface area (Å²) < 4.78 is 5.30. The third-order valence-corrected chi connectivity index (χ3v) is 5.12. The molecule has 1 fully saturated rings. The highest BCUT2D eigenvalue weighted by Crippen LogP contribution is 2.29. The lowest BCUT2D eigenvalue weighted by Gasteiger charge is -2.19. The van der Waals surface area contributed by atoms with E-state index in [-0.39, 0.29) is 6.54 Å². The average molecular weight is 403 g/mol. The van der Waals surface area contributed by atoms with E-state index in [0.29, 0.717) is 17.9 Å². The Morgan fingerprint density at radius 2 is 1.77 bits per heavy atom. The topological polar surface area (TPSA) is 91.7 Å². The van der Waals surface area contributed by atoms with Crippen LogP contribution in [0.5, 0.6) is 0 Å². The van der Waals surface area contributed by atoms with Crippen LogP contribution >= 0.6 is 0 Å². The molecule has 1 aliphatic rings. The van der Waals surface area contributed by atoms with Gasteiger partial charge in [-0.2, -0.15) is 0 Å². The molecule has 0 radical (unpaired) electrons. The fourth-order valence-electron chi connectivity index (χ4n) is 3.52. The van der Waals surface area contributed by atoms with Crippen molar-refractivity contribution >= 4 is 23.5 Å². The maximum atomic E-state index is 12.8. The van der Waals surface area contributed by atoms with Crippen LogP contribution in [0.15, 0.2) is 77.4 Å². The van der Waals surface area contributed by atoms with Crippen LogP contribution in [0.3, 0.4) is 0 Å². The highest BCUT2D eigenvalue weighted by atomic mass is 16.3. The molecule has 7 heteroatoms. The molecule has 0 aliphatic carbocycles. The van der Waals surface area contributed by atoms with E-state index in [4.69, 9.17) is 4.42 Å². The highest BCUT2D eigenvalue weighted by Gasteiger charge is 2.51. The van der Waals surface area contributed by atoms with Crippen molar-refractivity contribution in [2.45, 2.75) is 18.9 Å². The van der Waals surface area contributed by atoms with Crippen LogP contribution in [-0.2, 0) is 21.5 Å². The summed E-state index contributed by atoms with van der Waals surface area (Å²) in [4.78, 5) is 38.8. The number of carbonyl (C=O) groups is 3. The van der Waals surface area contributed by atoms with E-state index < -0.39 is 23.4 Å². The van der Waals surface area contributed by atoms with Gasteiger partial charge in [0.15, 0.2) is 5.54 Å². The van der Waals surface area contributed by atoms with Crippen LogP contribution in [-0.4, -0.2) is 29.3 Å². The van der Waals surface area contributed by atoms with Crippen molar-refractivity contribution in [2.75, 3.05) is 11.9 Å². The number of benzene rings is 2. The van der Waals surface area contributed by atoms with Crippen LogP contribution in [0.25, 0.3) is 0 Å². The SMILES string of the molecule is CC1(c2ccco2)NC(=O)N(CC(=O)Nc2ccccc2Cc2ccccc2)C1=O. The van der Waals surface area contributed by atoms with Crippen LogP contribution in [0.1, 0.15) is 23.8 Å². The summed E-state index contributed by atoms with van der Waals surface area (Å²) in [5.74, 6) is -0.671. The normalized spacial score (nSPS) is 18.4. The third-order valence-electron chi connectivity index (χ3n) is 5.12. The number of hydrogen-bond acceptors (Lipinski definition) is 4. The van der Waals surface area contributed by atoms with Crippen LogP contribution in [0.2, 0.25) is 0 Å². The Morgan fingerprint density at radius 3 is 2.50 bits per heavy atom. The number of rotatable bonds is 6. The number of imide groups is 1. The predicted molar refractivity (Wildman–Crippen MR) is 111 cm³/mol. The second kappa shape index (κ2) is 7.87.